The minimum absolute atomic E-state index is 0.206. The molecule has 5 heteroatoms. The summed E-state index contributed by atoms with van der Waals surface area (Å²) in [5.41, 5.74) is 0.862. The molecule has 0 saturated heterocycles. The standard InChI is InChI=1S/C16H24ClNO2S/c1-2-13-21(19,20)16-10-4-3-9-15(16)18(12-6-11-17)14-7-5-8-14/h3-4,9-10,14H,2,5-8,11-13H2,1H3. The SMILES string of the molecule is CCCS(=O)(=O)c1ccccc1N(CCCCl)C1CCC1. The van der Waals surface area contributed by atoms with Gasteiger partial charge in [-0.25, -0.2) is 8.42 Å². The van der Waals surface area contributed by atoms with E-state index in [1.807, 2.05) is 25.1 Å². The van der Waals surface area contributed by atoms with Crippen molar-refractivity contribution in [3.8, 4) is 0 Å². The molecule has 1 aromatic rings. The molecule has 0 amide bonds. The number of rotatable bonds is 8. The Morgan fingerprint density at radius 2 is 2.00 bits per heavy atom. The highest BCUT2D eigenvalue weighted by Crippen LogP contribution is 2.34. The van der Waals surface area contributed by atoms with E-state index in [-0.39, 0.29) is 5.75 Å². The molecule has 1 aromatic carbocycles. The number of hydrogen-bond donors (Lipinski definition) is 0. The van der Waals surface area contributed by atoms with E-state index in [2.05, 4.69) is 4.90 Å². The molecular weight excluding hydrogens is 306 g/mol. The fraction of sp³-hybridized carbons (Fsp3) is 0.625. The molecule has 0 aliphatic heterocycles. The van der Waals surface area contributed by atoms with E-state index in [4.69, 9.17) is 11.6 Å². The van der Waals surface area contributed by atoms with Crippen LogP contribution in [0, 0.1) is 0 Å². The van der Waals surface area contributed by atoms with Gasteiger partial charge in [0.05, 0.1) is 16.3 Å². The van der Waals surface area contributed by atoms with Crippen molar-refractivity contribution in [2.45, 2.75) is 50.0 Å². The van der Waals surface area contributed by atoms with Gasteiger partial charge in [0.15, 0.2) is 9.84 Å². The number of hydrogen-bond acceptors (Lipinski definition) is 3. The van der Waals surface area contributed by atoms with Crippen molar-refractivity contribution in [1.82, 2.24) is 0 Å². The zero-order valence-electron chi connectivity index (χ0n) is 12.6. The first-order chi connectivity index (χ1) is 10.1. The Morgan fingerprint density at radius 1 is 1.29 bits per heavy atom. The van der Waals surface area contributed by atoms with E-state index in [1.54, 1.807) is 6.07 Å². The van der Waals surface area contributed by atoms with Gasteiger partial charge in [0, 0.05) is 18.5 Å². The van der Waals surface area contributed by atoms with Gasteiger partial charge in [-0.3, -0.25) is 0 Å². The van der Waals surface area contributed by atoms with Gasteiger partial charge < -0.3 is 4.90 Å². The molecule has 21 heavy (non-hydrogen) atoms. The molecule has 0 spiro atoms. The third-order valence-electron chi connectivity index (χ3n) is 4.03. The molecule has 2 rings (SSSR count). The highest BCUT2D eigenvalue weighted by molar-refractivity contribution is 7.91. The van der Waals surface area contributed by atoms with Crippen LogP contribution in [0.15, 0.2) is 29.2 Å². The van der Waals surface area contributed by atoms with Gasteiger partial charge >= 0.3 is 0 Å². The van der Waals surface area contributed by atoms with Crippen LogP contribution in [0.4, 0.5) is 5.69 Å². The lowest BCUT2D eigenvalue weighted by molar-refractivity contribution is 0.384. The predicted octanol–water partition coefficient (Wildman–Crippen LogP) is 3.86. The van der Waals surface area contributed by atoms with Gasteiger partial charge in [0.2, 0.25) is 0 Å². The van der Waals surface area contributed by atoms with Crippen molar-refractivity contribution in [2.24, 2.45) is 0 Å². The molecule has 1 fully saturated rings. The molecule has 0 unspecified atom stereocenters. The summed E-state index contributed by atoms with van der Waals surface area (Å²) in [6.07, 6.45) is 5.03. The van der Waals surface area contributed by atoms with Crippen molar-refractivity contribution in [1.29, 1.82) is 0 Å². The van der Waals surface area contributed by atoms with Crippen LogP contribution in [0.25, 0.3) is 0 Å². The Labute approximate surface area is 133 Å². The molecule has 1 saturated carbocycles. The summed E-state index contributed by atoms with van der Waals surface area (Å²) < 4.78 is 25.0. The van der Waals surface area contributed by atoms with E-state index >= 15 is 0 Å². The second-order valence-corrected chi connectivity index (χ2v) is 8.06. The van der Waals surface area contributed by atoms with E-state index in [9.17, 15) is 8.42 Å². The summed E-state index contributed by atoms with van der Waals surface area (Å²) in [6, 6.07) is 7.88. The minimum Gasteiger partial charge on any atom is -0.367 e. The fourth-order valence-corrected chi connectivity index (χ4v) is 4.43. The number of sulfone groups is 1. The molecule has 0 N–H and O–H groups in total. The summed E-state index contributed by atoms with van der Waals surface area (Å²) >= 11 is 5.83. The lowest BCUT2D eigenvalue weighted by atomic mass is 9.91. The summed E-state index contributed by atoms with van der Waals surface area (Å²) in [6.45, 7) is 2.73. The van der Waals surface area contributed by atoms with E-state index in [1.165, 1.54) is 6.42 Å². The number of para-hydroxylation sites is 1. The predicted molar refractivity (Wildman–Crippen MR) is 89.1 cm³/mol. The third kappa shape index (κ3) is 3.92. The first kappa shape index (κ1) is 16.6. The highest BCUT2D eigenvalue weighted by Gasteiger charge is 2.28. The van der Waals surface area contributed by atoms with Crippen LogP contribution in [0.3, 0.4) is 0 Å². The van der Waals surface area contributed by atoms with Crippen molar-refractivity contribution >= 4 is 27.1 Å². The molecule has 3 nitrogen and oxygen atoms in total. The van der Waals surface area contributed by atoms with Gasteiger partial charge in [-0.1, -0.05) is 19.1 Å². The zero-order chi connectivity index (χ0) is 15.3. The summed E-state index contributed by atoms with van der Waals surface area (Å²) in [5.74, 6) is 0.811. The Bertz CT molecular complexity index is 555. The van der Waals surface area contributed by atoms with Crippen LogP contribution in [0.1, 0.15) is 39.0 Å². The number of benzene rings is 1. The van der Waals surface area contributed by atoms with Crippen LogP contribution in [0.5, 0.6) is 0 Å². The maximum absolute atomic E-state index is 12.5. The molecular formula is C16H24ClNO2S. The fourth-order valence-electron chi connectivity index (χ4n) is 2.76. The summed E-state index contributed by atoms with van der Waals surface area (Å²) in [5, 5.41) is 0. The van der Waals surface area contributed by atoms with Crippen LogP contribution in [-0.2, 0) is 9.84 Å². The van der Waals surface area contributed by atoms with Crippen molar-refractivity contribution in [3.05, 3.63) is 24.3 Å². The number of anilines is 1. The first-order valence-electron chi connectivity index (χ1n) is 7.74. The normalized spacial score (nSPS) is 15.7. The molecule has 0 atom stereocenters. The zero-order valence-corrected chi connectivity index (χ0v) is 14.2. The molecule has 0 heterocycles. The minimum atomic E-state index is -3.20. The molecule has 1 aliphatic carbocycles. The second-order valence-electron chi connectivity index (χ2n) is 5.61. The first-order valence-corrected chi connectivity index (χ1v) is 9.93. The molecule has 0 radical (unpaired) electrons. The maximum atomic E-state index is 12.5. The molecule has 0 bridgehead atoms. The lowest BCUT2D eigenvalue weighted by Crippen LogP contribution is -2.41. The Hall–Kier alpha value is -0.740. The van der Waals surface area contributed by atoms with Crippen molar-refractivity contribution < 1.29 is 8.42 Å². The van der Waals surface area contributed by atoms with Crippen LogP contribution < -0.4 is 4.90 Å². The van der Waals surface area contributed by atoms with Gasteiger partial charge in [-0.15, -0.1) is 11.6 Å². The van der Waals surface area contributed by atoms with Crippen LogP contribution >= 0.6 is 11.6 Å². The number of halogens is 1. The quantitative estimate of drug-likeness (QED) is 0.680. The largest absolute Gasteiger partial charge is 0.367 e. The van der Waals surface area contributed by atoms with Crippen molar-refractivity contribution in [2.75, 3.05) is 23.1 Å². The Balaban J connectivity index is 2.35. The lowest BCUT2D eigenvalue weighted by Gasteiger charge is -2.40. The summed E-state index contributed by atoms with van der Waals surface area (Å²) in [7, 11) is -3.20. The van der Waals surface area contributed by atoms with E-state index in [0.29, 0.717) is 23.2 Å². The van der Waals surface area contributed by atoms with E-state index < -0.39 is 9.84 Å². The molecule has 1 aliphatic rings. The Kier molecular flexibility index (Phi) is 5.94. The smallest absolute Gasteiger partial charge is 0.180 e. The number of alkyl halides is 1. The molecule has 0 aromatic heterocycles. The topological polar surface area (TPSA) is 37.4 Å². The second kappa shape index (κ2) is 7.50. The third-order valence-corrected chi connectivity index (χ3v) is 6.26. The number of nitrogens with zero attached hydrogens (tertiary/aromatic N) is 1. The average Bonchev–Trinajstić information content (AvgIpc) is 2.41. The average molecular weight is 330 g/mol. The van der Waals surface area contributed by atoms with Gasteiger partial charge in [-0.2, -0.15) is 0 Å². The molecule has 118 valence electrons. The van der Waals surface area contributed by atoms with Crippen LogP contribution in [0.2, 0.25) is 0 Å². The van der Waals surface area contributed by atoms with Gasteiger partial charge in [0.25, 0.3) is 0 Å². The summed E-state index contributed by atoms with van der Waals surface area (Å²) in [4.78, 5) is 2.74. The Morgan fingerprint density at radius 3 is 2.57 bits per heavy atom. The van der Waals surface area contributed by atoms with Gasteiger partial charge in [-0.05, 0) is 44.2 Å². The van der Waals surface area contributed by atoms with Crippen molar-refractivity contribution in [3.63, 3.8) is 0 Å². The maximum Gasteiger partial charge on any atom is 0.180 e. The van der Waals surface area contributed by atoms with E-state index in [0.717, 1.165) is 31.5 Å². The van der Waals surface area contributed by atoms with Gasteiger partial charge in [0.1, 0.15) is 0 Å². The monoisotopic (exact) mass is 329 g/mol. The highest BCUT2D eigenvalue weighted by atomic mass is 35.5. The van der Waals surface area contributed by atoms with Crippen LogP contribution in [-0.4, -0.2) is 32.6 Å².